The van der Waals surface area contributed by atoms with Crippen molar-refractivity contribution in [2.75, 3.05) is 61.1 Å². The molecule has 0 saturated carbocycles. The van der Waals surface area contributed by atoms with E-state index in [1.807, 2.05) is 46.3 Å². The summed E-state index contributed by atoms with van der Waals surface area (Å²) in [5, 5.41) is 8.00. The van der Waals surface area contributed by atoms with Gasteiger partial charge in [0.1, 0.15) is 11.0 Å². The Hall–Kier alpha value is -3.43. The topological polar surface area (TPSA) is 69.0 Å². The zero-order valence-corrected chi connectivity index (χ0v) is 21.9. The molecule has 1 N–H and O–H groups in total. The second kappa shape index (κ2) is 10.7. The van der Waals surface area contributed by atoms with Crippen molar-refractivity contribution in [1.29, 1.82) is 0 Å². The van der Waals surface area contributed by atoms with Crippen molar-refractivity contribution in [3.05, 3.63) is 78.0 Å². The minimum atomic E-state index is -1.07. The van der Waals surface area contributed by atoms with Crippen LogP contribution in [0.4, 0.5) is 23.0 Å². The quantitative estimate of drug-likeness (QED) is 0.395. The number of likely N-dealkylation sites (N-methyl/N-ethyl adjacent to an activating group) is 1. The first-order valence-corrected chi connectivity index (χ1v) is 13.8. The van der Waals surface area contributed by atoms with E-state index in [4.69, 9.17) is 4.98 Å². The maximum atomic E-state index is 12.0. The fourth-order valence-corrected chi connectivity index (χ4v) is 5.05. The summed E-state index contributed by atoms with van der Waals surface area (Å²) < 4.78 is 15.7. The van der Waals surface area contributed by atoms with Crippen molar-refractivity contribution >= 4 is 39.6 Å². The third-order valence-electron chi connectivity index (χ3n) is 6.82. The molecule has 0 spiro atoms. The molecule has 0 radical (unpaired) electrons. The number of aryl methyl sites for hydroxylation is 2. The number of anilines is 4. The van der Waals surface area contributed by atoms with Gasteiger partial charge < -0.3 is 15.1 Å². The van der Waals surface area contributed by atoms with Crippen LogP contribution in [0.25, 0.3) is 5.65 Å². The van der Waals surface area contributed by atoms with Crippen molar-refractivity contribution in [1.82, 2.24) is 19.5 Å². The predicted octanol–water partition coefficient (Wildman–Crippen LogP) is 3.74. The maximum absolute atomic E-state index is 12.0. The molecule has 1 aliphatic rings. The lowest BCUT2D eigenvalue weighted by molar-refractivity contribution is 0.313. The van der Waals surface area contributed by atoms with E-state index in [9.17, 15) is 4.21 Å². The maximum Gasteiger partial charge on any atom is 0.247 e. The van der Waals surface area contributed by atoms with Gasteiger partial charge in [0.25, 0.3) is 0 Å². The summed E-state index contributed by atoms with van der Waals surface area (Å²) in [6, 6.07) is 20.7. The smallest absolute Gasteiger partial charge is 0.247 e. The number of pyridine rings is 1. The number of hydrogen-bond donors (Lipinski definition) is 1. The van der Waals surface area contributed by atoms with Gasteiger partial charge in [0, 0.05) is 57.1 Å². The molecule has 1 atom stereocenters. The Labute approximate surface area is 215 Å². The largest absolute Gasteiger partial charge is 0.369 e. The van der Waals surface area contributed by atoms with E-state index in [1.54, 1.807) is 6.26 Å². The standard InChI is InChI=1S/C27H33N7OS/c1-31-17-19-33(20-18-31)24-14-12-23(13-15-24)28-27-29-26-22(8-6-16-34(26)30-27)11-10-21-7-4-5-9-25(21)32(2)36(3)35/h4-9,12-16H,10-11,17-20H2,1-3H3,(H,28,30). The molecule has 1 fully saturated rings. The minimum absolute atomic E-state index is 0.580. The number of benzene rings is 2. The predicted molar refractivity (Wildman–Crippen MR) is 149 cm³/mol. The fraction of sp³-hybridized carbons (Fsp3) is 0.333. The lowest BCUT2D eigenvalue weighted by Gasteiger charge is -2.34. The highest BCUT2D eigenvalue weighted by Gasteiger charge is 2.15. The van der Waals surface area contributed by atoms with Gasteiger partial charge in [0.15, 0.2) is 5.65 Å². The average Bonchev–Trinajstić information content (AvgIpc) is 3.31. The third-order valence-corrected chi connectivity index (χ3v) is 7.78. The van der Waals surface area contributed by atoms with E-state index in [2.05, 4.69) is 63.7 Å². The summed E-state index contributed by atoms with van der Waals surface area (Å²) in [7, 11) is 2.97. The molecule has 2 aromatic heterocycles. The molecule has 5 rings (SSSR count). The zero-order valence-electron chi connectivity index (χ0n) is 21.1. The molecule has 1 saturated heterocycles. The molecular formula is C27H33N7OS. The first kappa shape index (κ1) is 24.3. The Morgan fingerprint density at radius 2 is 1.64 bits per heavy atom. The highest BCUT2D eigenvalue weighted by molar-refractivity contribution is 7.85. The SMILES string of the molecule is CN1CCN(c2ccc(Nc3nc4c(CCc5ccccc5N(C)S(C)=O)cccn4n3)cc2)CC1. The van der Waals surface area contributed by atoms with Crippen LogP contribution in [0.1, 0.15) is 11.1 Å². The van der Waals surface area contributed by atoms with Gasteiger partial charge >= 0.3 is 0 Å². The molecule has 3 heterocycles. The molecule has 4 aromatic rings. The van der Waals surface area contributed by atoms with Gasteiger partial charge in [-0.1, -0.05) is 24.3 Å². The zero-order chi connectivity index (χ0) is 25.1. The van der Waals surface area contributed by atoms with Gasteiger partial charge in [0.2, 0.25) is 5.95 Å². The number of aromatic nitrogens is 3. The summed E-state index contributed by atoms with van der Waals surface area (Å²) in [5.41, 5.74) is 6.34. The second-order valence-electron chi connectivity index (χ2n) is 9.25. The van der Waals surface area contributed by atoms with Crippen LogP contribution in [0.3, 0.4) is 0 Å². The van der Waals surface area contributed by atoms with Crippen molar-refractivity contribution in [3.63, 3.8) is 0 Å². The molecule has 9 heteroatoms. The minimum Gasteiger partial charge on any atom is -0.369 e. The molecular weight excluding hydrogens is 470 g/mol. The third kappa shape index (κ3) is 5.37. The Balaban J connectivity index is 1.29. The summed E-state index contributed by atoms with van der Waals surface area (Å²) in [5.74, 6) is 0.580. The summed E-state index contributed by atoms with van der Waals surface area (Å²) in [4.78, 5) is 9.58. The van der Waals surface area contributed by atoms with E-state index in [0.717, 1.165) is 67.2 Å². The number of rotatable bonds is 8. The Bertz CT molecular complexity index is 1350. The number of piperazine rings is 1. The van der Waals surface area contributed by atoms with E-state index < -0.39 is 11.0 Å². The summed E-state index contributed by atoms with van der Waals surface area (Å²) >= 11 is 0. The normalized spacial score (nSPS) is 15.2. The van der Waals surface area contributed by atoms with Crippen LogP contribution >= 0.6 is 0 Å². The Kier molecular flexibility index (Phi) is 7.20. The number of para-hydroxylation sites is 1. The second-order valence-corrected chi connectivity index (χ2v) is 10.6. The number of fused-ring (bicyclic) bond motifs is 1. The lowest BCUT2D eigenvalue weighted by atomic mass is 10.0. The van der Waals surface area contributed by atoms with E-state index in [-0.39, 0.29) is 0 Å². The van der Waals surface area contributed by atoms with Gasteiger partial charge in [-0.15, -0.1) is 5.10 Å². The van der Waals surface area contributed by atoms with Crippen molar-refractivity contribution in [2.45, 2.75) is 12.8 Å². The van der Waals surface area contributed by atoms with Gasteiger partial charge in [-0.3, -0.25) is 4.31 Å². The lowest BCUT2D eigenvalue weighted by Crippen LogP contribution is -2.44. The Morgan fingerprint density at radius 1 is 0.944 bits per heavy atom. The molecule has 0 amide bonds. The molecule has 0 bridgehead atoms. The van der Waals surface area contributed by atoms with Crippen LogP contribution in [0.2, 0.25) is 0 Å². The van der Waals surface area contributed by atoms with E-state index >= 15 is 0 Å². The number of nitrogens with one attached hydrogen (secondary N) is 1. The van der Waals surface area contributed by atoms with Gasteiger partial charge in [0.05, 0.1) is 5.69 Å². The molecule has 1 aliphatic heterocycles. The first-order chi connectivity index (χ1) is 17.5. The van der Waals surface area contributed by atoms with Crippen LogP contribution < -0.4 is 14.5 Å². The van der Waals surface area contributed by atoms with Crippen LogP contribution in [0.15, 0.2) is 66.9 Å². The van der Waals surface area contributed by atoms with Crippen molar-refractivity contribution in [2.24, 2.45) is 0 Å². The molecule has 1 unspecified atom stereocenters. The molecule has 188 valence electrons. The first-order valence-electron chi connectivity index (χ1n) is 12.3. The summed E-state index contributed by atoms with van der Waals surface area (Å²) in [6.45, 7) is 4.29. The molecule has 36 heavy (non-hydrogen) atoms. The Morgan fingerprint density at radius 3 is 2.39 bits per heavy atom. The van der Waals surface area contributed by atoms with Crippen LogP contribution in [0, 0.1) is 0 Å². The van der Waals surface area contributed by atoms with E-state index in [0.29, 0.717) is 5.95 Å². The van der Waals surface area contributed by atoms with Gasteiger partial charge in [-0.05, 0) is 67.4 Å². The van der Waals surface area contributed by atoms with Crippen molar-refractivity contribution in [3.8, 4) is 0 Å². The summed E-state index contributed by atoms with van der Waals surface area (Å²) in [6.07, 6.45) is 5.25. The molecule has 2 aromatic carbocycles. The number of hydrogen-bond acceptors (Lipinski definition) is 6. The van der Waals surface area contributed by atoms with Crippen LogP contribution in [0.5, 0.6) is 0 Å². The van der Waals surface area contributed by atoms with Crippen LogP contribution in [-0.2, 0) is 23.8 Å². The highest BCUT2D eigenvalue weighted by atomic mass is 32.2. The highest BCUT2D eigenvalue weighted by Crippen LogP contribution is 2.24. The van der Waals surface area contributed by atoms with Crippen molar-refractivity contribution < 1.29 is 4.21 Å². The van der Waals surface area contributed by atoms with Crippen LogP contribution in [-0.4, -0.2) is 70.2 Å². The van der Waals surface area contributed by atoms with E-state index in [1.165, 1.54) is 5.69 Å². The molecule has 0 aliphatic carbocycles. The van der Waals surface area contributed by atoms with Gasteiger partial charge in [-0.25, -0.2) is 8.72 Å². The average molecular weight is 504 g/mol. The number of nitrogens with zero attached hydrogens (tertiary/aromatic N) is 6. The van der Waals surface area contributed by atoms with Gasteiger partial charge in [-0.2, -0.15) is 4.98 Å². The fourth-order valence-electron chi connectivity index (χ4n) is 4.60. The monoisotopic (exact) mass is 503 g/mol. The molecule has 8 nitrogen and oxygen atoms in total.